The molecule has 1 aromatic carbocycles. The molecule has 1 saturated heterocycles. The molecule has 4 rings (SSSR count). The number of halogens is 3. The number of hydrogen-bond acceptors (Lipinski definition) is 6. The molecule has 30 heavy (non-hydrogen) atoms. The number of benzene rings is 1. The largest absolute Gasteiger partial charge is 0.417 e. The van der Waals surface area contributed by atoms with Crippen LogP contribution in [0.5, 0.6) is 0 Å². The minimum Gasteiger partial charge on any atom is -0.357 e. The minimum absolute atomic E-state index is 0.179. The third-order valence-electron chi connectivity index (χ3n) is 5.17. The number of anilines is 1. The molecule has 1 aromatic heterocycles. The van der Waals surface area contributed by atoms with E-state index in [0.717, 1.165) is 12.3 Å². The molecule has 3 heterocycles. The highest BCUT2D eigenvalue weighted by molar-refractivity contribution is 6.20. The van der Waals surface area contributed by atoms with E-state index in [4.69, 9.17) is 4.84 Å². The van der Waals surface area contributed by atoms with Crippen LogP contribution in [0.2, 0.25) is 0 Å². The first-order valence-corrected chi connectivity index (χ1v) is 9.23. The molecule has 0 radical (unpaired) electrons. The molecule has 0 atom stereocenters. The molecule has 2 aliphatic rings. The van der Waals surface area contributed by atoms with Crippen LogP contribution in [0.25, 0.3) is 0 Å². The van der Waals surface area contributed by atoms with Crippen molar-refractivity contribution in [2.45, 2.75) is 19.0 Å². The van der Waals surface area contributed by atoms with E-state index in [1.807, 2.05) is 0 Å². The molecule has 0 spiro atoms. The number of alkyl halides is 3. The first-order valence-electron chi connectivity index (χ1n) is 9.23. The third kappa shape index (κ3) is 3.60. The van der Waals surface area contributed by atoms with E-state index < -0.39 is 35.4 Å². The molecule has 0 aliphatic carbocycles. The van der Waals surface area contributed by atoms with E-state index in [1.54, 1.807) is 17.0 Å². The van der Waals surface area contributed by atoms with Crippen LogP contribution in [0.15, 0.2) is 42.6 Å². The molecule has 0 N–H and O–H groups in total. The van der Waals surface area contributed by atoms with Crippen molar-refractivity contribution in [2.75, 3.05) is 18.0 Å². The Labute approximate surface area is 169 Å². The lowest BCUT2D eigenvalue weighted by atomic mass is 9.97. The fourth-order valence-corrected chi connectivity index (χ4v) is 3.50. The predicted octanol–water partition coefficient (Wildman–Crippen LogP) is 3.07. The van der Waals surface area contributed by atoms with Crippen LogP contribution >= 0.6 is 0 Å². The maximum Gasteiger partial charge on any atom is 0.417 e. The van der Waals surface area contributed by atoms with Gasteiger partial charge in [-0.3, -0.25) is 9.59 Å². The zero-order chi connectivity index (χ0) is 21.5. The fourth-order valence-electron chi connectivity index (χ4n) is 3.50. The standard InChI is InChI=1S/C20H16F3N3O4/c21-20(22,23)13-5-6-16(24-11-13)25-9-7-12(8-10-25)19(29)30-26-17(27)14-3-1-2-4-15(14)18(26)28/h1-6,11-12H,7-10H2. The second kappa shape index (κ2) is 7.43. The zero-order valence-electron chi connectivity index (χ0n) is 15.6. The number of carbonyl (C=O) groups is 3. The smallest absolute Gasteiger partial charge is 0.357 e. The van der Waals surface area contributed by atoms with Gasteiger partial charge in [0.15, 0.2) is 0 Å². The lowest BCUT2D eigenvalue weighted by molar-refractivity contribution is -0.174. The Morgan fingerprint density at radius 3 is 2.10 bits per heavy atom. The molecule has 10 heteroatoms. The van der Waals surface area contributed by atoms with Crippen LogP contribution in [0, 0.1) is 5.92 Å². The molecule has 156 valence electrons. The first kappa shape index (κ1) is 19.9. The highest BCUT2D eigenvalue weighted by atomic mass is 19.4. The van der Waals surface area contributed by atoms with E-state index in [1.165, 1.54) is 18.2 Å². The average Bonchev–Trinajstić information content (AvgIpc) is 2.98. The number of imide groups is 1. The minimum atomic E-state index is -4.45. The van der Waals surface area contributed by atoms with Crippen molar-refractivity contribution >= 4 is 23.6 Å². The summed E-state index contributed by atoms with van der Waals surface area (Å²) in [6, 6.07) is 8.45. The van der Waals surface area contributed by atoms with Crippen LogP contribution in [0.3, 0.4) is 0 Å². The topological polar surface area (TPSA) is 79.8 Å². The van der Waals surface area contributed by atoms with Crippen LogP contribution < -0.4 is 4.90 Å². The molecule has 0 saturated carbocycles. The van der Waals surface area contributed by atoms with Crippen molar-refractivity contribution in [1.29, 1.82) is 0 Å². The summed E-state index contributed by atoms with van der Waals surface area (Å²) in [6.07, 6.45) is -2.97. The monoisotopic (exact) mass is 419 g/mol. The Hall–Kier alpha value is -3.43. The van der Waals surface area contributed by atoms with Crippen molar-refractivity contribution in [2.24, 2.45) is 5.92 Å². The molecule has 2 aliphatic heterocycles. The summed E-state index contributed by atoms with van der Waals surface area (Å²) < 4.78 is 38.0. The van der Waals surface area contributed by atoms with Gasteiger partial charge in [0.1, 0.15) is 5.82 Å². The van der Waals surface area contributed by atoms with E-state index in [2.05, 4.69) is 4.98 Å². The van der Waals surface area contributed by atoms with Crippen molar-refractivity contribution in [1.82, 2.24) is 10.0 Å². The Balaban J connectivity index is 1.35. The van der Waals surface area contributed by atoms with Crippen LogP contribution in [-0.2, 0) is 15.8 Å². The van der Waals surface area contributed by atoms with Gasteiger partial charge in [0.05, 0.1) is 22.6 Å². The maximum absolute atomic E-state index is 12.7. The predicted molar refractivity (Wildman–Crippen MR) is 97.2 cm³/mol. The number of pyridine rings is 1. The Morgan fingerprint density at radius 2 is 1.60 bits per heavy atom. The number of piperidine rings is 1. The summed E-state index contributed by atoms with van der Waals surface area (Å²) in [5.41, 5.74) is -0.470. The Bertz CT molecular complexity index is 964. The van der Waals surface area contributed by atoms with E-state index in [9.17, 15) is 27.6 Å². The summed E-state index contributed by atoms with van der Waals surface area (Å²) in [4.78, 5) is 47.8. The summed E-state index contributed by atoms with van der Waals surface area (Å²) in [5.74, 6) is -2.22. The number of nitrogens with zero attached hydrogens (tertiary/aromatic N) is 3. The fraction of sp³-hybridized carbons (Fsp3) is 0.300. The van der Waals surface area contributed by atoms with Gasteiger partial charge in [-0.1, -0.05) is 17.2 Å². The zero-order valence-corrected chi connectivity index (χ0v) is 15.6. The molecule has 2 amide bonds. The molecule has 1 fully saturated rings. The van der Waals surface area contributed by atoms with E-state index >= 15 is 0 Å². The summed E-state index contributed by atoms with van der Waals surface area (Å²) in [5, 5.41) is 0.483. The Morgan fingerprint density at radius 1 is 1.00 bits per heavy atom. The van der Waals surface area contributed by atoms with Gasteiger partial charge < -0.3 is 9.74 Å². The number of rotatable bonds is 3. The number of fused-ring (bicyclic) bond motifs is 1. The van der Waals surface area contributed by atoms with Crippen LogP contribution in [0.4, 0.5) is 19.0 Å². The van der Waals surface area contributed by atoms with Gasteiger partial charge in [-0.15, -0.1) is 0 Å². The number of aromatic nitrogens is 1. The Kier molecular flexibility index (Phi) is 4.92. The third-order valence-corrected chi connectivity index (χ3v) is 5.17. The van der Waals surface area contributed by atoms with Gasteiger partial charge in [0, 0.05) is 19.3 Å². The molecule has 7 nitrogen and oxygen atoms in total. The van der Waals surface area contributed by atoms with Crippen LogP contribution in [0.1, 0.15) is 39.1 Å². The molecular formula is C20H16F3N3O4. The van der Waals surface area contributed by atoms with Gasteiger partial charge >= 0.3 is 12.1 Å². The number of hydroxylamine groups is 2. The number of hydrogen-bond donors (Lipinski definition) is 0. The van der Waals surface area contributed by atoms with Crippen molar-refractivity contribution < 1.29 is 32.4 Å². The van der Waals surface area contributed by atoms with Gasteiger partial charge in [-0.05, 0) is 37.1 Å². The summed E-state index contributed by atoms with van der Waals surface area (Å²) >= 11 is 0. The second-order valence-corrected chi connectivity index (χ2v) is 7.02. The van der Waals surface area contributed by atoms with Gasteiger partial charge in [-0.2, -0.15) is 13.2 Å². The first-order chi connectivity index (χ1) is 14.3. The second-order valence-electron chi connectivity index (χ2n) is 7.02. The normalized spacial score (nSPS) is 17.3. The highest BCUT2D eigenvalue weighted by Crippen LogP contribution is 2.31. The quantitative estimate of drug-likeness (QED) is 0.712. The SMILES string of the molecule is O=C(ON1C(=O)c2ccccc2C1=O)C1CCN(c2ccc(C(F)(F)F)cn2)CC1. The van der Waals surface area contributed by atoms with Gasteiger partial charge in [0.2, 0.25) is 0 Å². The maximum atomic E-state index is 12.7. The lowest BCUT2D eigenvalue weighted by Gasteiger charge is -2.32. The van der Waals surface area contributed by atoms with Crippen molar-refractivity contribution in [3.63, 3.8) is 0 Å². The van der Waals surface area contributed by atoms with Crippen molar-refractivity contribution in [3.05, 3.63) is 59.3 Å². The van der Waals surface area contributed by atoms with Gasteiger partial charge in [0.25, 0.3) is 11.8 Å². The van der Waals surface area contributed by atoms with Gasteiger partial charge in [-0.25, -0.2) is 9.78 Å². The number of amides is 2. The summed E-state index contributed by atoms with van der Waals surface area (Å²) in [6.45, 7) is 0.750. The van der Waals surface area contributed by atoms with Crippen LogP contribution in [-0.4, -0.2) is 40.9 Å². The van der Waals surface area contributed by atoms with Crippen molar-refractivity contribution in [3.8, 4) is 0 Å². The summed E-state index contributed by atoms with van der Waals surface area (Å²) in [7, 11) is 0. The molecule has 0 unspecified atom stereocenters. The van der Waals surface area contributed by atoms with E-state index in [0.29, 0.717) is 36.8 Å². The molecular weight excluding hydrogens is 403 g/mol. The average molecular weight is 419 g/mol. The number of carbonyl (C=O) groups excluding carboxylic acids is 3. The molecule has 2 aromatic rings. The highest BCUT2D eigenvalue weighted by Gasteiger charge is 2.40. The van der Waals surface area contributed by atoms with E-state index in [-0.39, 0.29) is 11.1 Å². The lowest BCUT2D eigenvalue weighted by Crippen LogP contribution is -2.40. The molecule has 0 bridgehead atoms.